The summed E-state index contributed by atoms with van der Waals surface area (Å²) in [6.45, 7) is 0. The topological polar surface area (TPSA) is 44.7 Å². The molecule has 3 aromatic rings. The van der Waals surface area contributed by atoms with Crippen LogP contribution in [0.4, 0.5) is 5.69 Å². The lowest BCUT2D eigenvalue weighted by Gasteiger charge is -2.11. The fourth-order valence-corrected chi connectivity index (χ4v) is 3.94. The molecule has 25 heavy (non-hydrogen) atoms. The number of benzene rings is 2. The maximum Gasteiger partial charge on any atom is 0.283 e. The number of amides is 1. The van der Waals surface area contributed by atoms with E-state index in [4.69, 9.17) is 23.2 Å². The molecular formula is C18H15Cl2N3OS. The summed E-state index contributed by atoms with van der Waals surface area (Å²) in [4.78, 5) is 14.7. The van der Waals surface area contributed by atoms with Gasteiger partial charge in [0.25, 0.3) is 5.91 Å². The largest absolute Gasteiger partial charge is 0.378 e. The predicted octanol–water partition coefficient (Wildman–Crippen LogP) is 5.04. The number of hydrazone groups is 1. The first-order chi connectivity index (χ1) is 12.0. The number of nitrogens with one attached hydrogen (secondary N) is 1. The van der Waals surface area contributed by atoms with Crippen molar-refractivity contribution in [2.45, 2.75) is 0 Å². The molecule has 2 aromatic carbocycles. The molecule has 0 saturated heterocycles. The van der Waals surface area contributed by atoms with Crippen LogP contribution in [0, 0.1) is 0 Å². The Balaban J connectivity index is 1.73. The third kappa shape index (κ3) is 3.95. The highest BCUT2D eigenvalue weighted by atomic mass is 35.5. The summed E-state index contributed by atoms with van der Waals surface area (Å²) >= 11 is 13.6. The average molecular weight is 392 g/mol. The highest BCUT2D eigenvalue weighted by Gasteiger charge is 2.16. The minimum atomic E-state index is -0.344. The third-order valence-electron chi connectivity index (χ3n) is 3.59. The van der Waals surface area contributed by atoms with E-state index in [0.717, 1.165) is 21.3 Å². The third-order valence-corrected chi connectivity index (χ3v) is 5.48. The fraction of sp³-hybridized carbons (Fsp3) is 0.111. The number of carbonyl (C=O) groups is 1. The zero-order chi connectivity index (χ0) is 18.0. The molecule has 1 amide bonds. The number of hydrogen-bond acceptors (Lipinski definition) is 4. The van der Waals surface area contributed by atoms with Crippen molar-refractivity contribution in [2.24, 2.45) is 5.10 Å². The first kappa shape index (κ1) is 17.7. The Labute approximate surface area is 159 Å². The second-order valence-corrected chi connectivity index (χ2v) is 7.44. The lowest BCUT2D eigenvalue weighted by Crippen LogP contribution is -2.16. The van der Waals surface area contributed by atoms with Crippen molar-refractivity contribution in [1.29, 1.82) is 0 Å². The van der Waals surface area contributed by atoms with Gasteiger partial charge in [0.05, 0.1) is 11.2 Å². The lowest BCUT2D eigenvalue weighted by atomic mass is 10.2. The van der Waals surface area contributed by atoms with Crippen molar-refractivity contribution < 1.29 is 4.79 Å². The van der Waals surface area contributed by atoms with Crippen LogP contribution in [-0.4, -0.2) is 26.2 Å². The van der Waals surface area contributed by atoms with Crippen LogP contribution < -0.4 is 10.3 Å². The van der Waals surface area contributed by atoms with E-state index in [1.165, 1.54) is 11.3 Å². The van der Waals surface area contributed by atoms with Crippen molar-refractivity contribution in [1.82, 2.24) is 5.43 Å². The van der Waals surface area contributed by atoms with Gasteiger partial charge in [0, 0.05) is 34.9 Å². The van der Waals surface area contributed by atoms with Gasteiger partial charge in [0.2, 0.25) is 0 Å². The minimum absolute atomic E-state index is 0.344. The number of rotatable bonds is 4. The molecule has 0 spiro atoms. The molecule has 1 aromatic heterocycles. The van der Waals surface area contributed by atoms with Gasteiger partial charge in [0.15, 0.2) is 0 Å². The summed E-state index contributed by atoms with van der Waals surface area (Å²) in [5.41, 5.74) is 4.50. The Morgan fingerprint density at radius 1 is 1.16 bits per heavy atom. The Hall–Kier alpha value is -2.08. The van der Waals surface area contributed by atoms with E-state index in [1.54, 1.807) is 18.3 Å². The van der Waals surface area contributed by atoms with E-state index >= 15 is 0 Å². The molecule has 128 valence electrons. The van der Waals surface area contributed by atoms with Gasteiger partial charge in [-0.05, 0) is 29.8 Å². The maximum absolute atomic E-state index is 12.3. The van der Waals surface area contributed by atoms with Crippen LogP contribution in [0.1, 0.15) is 15.2 Å². The zero-order valence-corrected chi connectivity index (χ0v) is 15.9. The van der Waals surface area contributed by atoms with Crippen molar-refractivity contribution in [3.8, 4) is 0 Å². The van der Waals surface area contributed by atoms with Gasteiger partial charge in [-0.25, -0.2) is 5.43 Å². The van der Waals surface area contributed by atoms with E-state index in [9.17, 15) is 4.79 Å². The molecule has 0 fully saturated rings. The Kier molecular flexibility index (Phi) is 5.27. The molecule has 0 saturated carbocycles. The maximum atomic E-state index is 12.3. The van der Waals surface area contributed by atoms with Crippen LogP contribution in [0.2, 0.25) is 10.0 Å². The summed E-state index contributed by atoms with van der Waals surface area (Å²) < 4.78 is 0.867. The molecular weight excluding hydrogens is 377 g/mol. The minimum Gasteiger partial charge on any atom is -0.378 e. The number of carbonyl (C=O) groups excluding carboxylic acids is 1. The molecule has 0 aliphatic heterocycles. The van der Waals surface area contributed by atoms with Gasteiger partial charge >= 0.3 is 0 Å². The van der Waals surface area contributed by atoms with Crippen molar-refractivity contribution in [2.75, 3.05) is 19.0 Å². The standard InChI is InChI=1S/C18H15Cl2N3OS/c1-23(2)13-6-3-11(4-7-13)10-21-22-18(24)17-16(20)14-8-5-12(19)9-15(14)25-17/h3-10H,1-2H3,(H,22,24). The second kappa shape index (κ2) is 7.44. The van der Waals surface area contributed by atoms with Crippen LogP contribution in [0.3, 0.4) is 0 Å². The number of fused-ring (bicyclic) bond motifs is 1. The second-order valence-electron chi connectivity index (χ2n) is 5.57. The Bertz CT molecular complexity index is 949. The van der Waals surface area contributed by atoms with Crippen LogP contribution in [0.5, 0.6) is 0 Å². The highest BCUT2D eigenvalue weighted by Crippen LogP contribution is 2.36. The summed E-state index contributed by atoms with van der Waals surface area (Å²) in [6.07, 6.45) is 1.59. The van der Waals surface area contributed by atoms with Gasteiger partial charge in [-0.1, -0.05) is 41.4 Å². The molecule has 0 aliphatic rings. The van der Waals surface area contributed by atoms with Crippen LogP contribution in [0.25, 0.3) is 10.1 Å². The summed E-state index contributed by atoms with van der Waals surface area (Å²) in [6, 6.07) is 13.2. The van der Waals surface area contributed by atoms with Gasteiger partial charge in [-0.15, -0.1) is 11.3 Å². The molecule has 0 atom stereocenters. The summed E-state index contributed by atoms with van der Waals surface area (Å²) in [7, 11) is 3.95. The van der Waals surface area contributed by atoms with Gasteiger partial charge in [0.1, 0.15) is 4.88 Å². The molecule has 1 heterocycles. The molecule has 4 nitrogen and oxygen atoms in total. The average Bonchev–Trinajstić information content (AvgIpc) is 2.91. The lowest BCUT2D eigenvalue weighted by molar-refractivity contribution is 0.0959. The number of anilines is 1. The predicted molar refractivity (Wildman–Crippen MR) is 108 cm³/mol. The number of thiophene rings is 1. The van der Waals surface area contributed by atoms with E-state index < -0.39 is 0 Å². The molecule has 0 bridgehead atoms. The smallest absolute Gasteiger partial charge is 0.283 e. The molecule has 3 rings (SSSR count). The molecule has 0 unspecified atom stereocenters. The van der Waals surface area contributed by atoms with Crippen LogP contribution in [0.15, 0.2) is 47.6 Å². The molecule has 0 radical (unpaired) electrons. The van der Waals surface area contributed by atoms with Crippen molar-refractivity contribution >= 4 is 62.4 Å². The summed E-state index contributed by atoms with van der Waals surface area (Å²) in [5, 5.41) is 5.84. The first-order valence-corrected chi connectivity index (χ1v) is 9.01. The normalized spacial score (nSPS) is 11.2. The molecule has 7 heteroatoms. The van der Waals surface area contributed by atoms with E-state index in [1.807, 2.05) is 49.3 Å². The van der Waals surface area contributed by atoms with Gasteiger partial charge in [-0.3, -0.25) is 4.79 Å². The Morgan fingerprint density at radius 2 is 1.88 bits per heavy atom. The number of nitrogens with zero attached hydrogens (tertiary/aromatic N) is 2. The van der Waals surface area contributed by atoms with E-state index in [0.29, 0.717) is 14.9 Å². The van der Waals surface area contributed by atoms with Crippen LogP contribution in [-0.2, 0) is 0 Å². The first-order valence-electron chi connectivity index (χ1n) is 7.44. The van der Waals surface area contributed by atoms with Gasteiger partial charge < -0.3 is 4.90 Å². The van der Waals surface area contributed by atoms with E-state index in [-0.39, 0.29) is 5.91 Å². The Morgan fingerprint density at radius 3 is 2.56 bits per heavy atom. The summed E-state index contributed by atoms with van der Waals surface area (Å²) in [5.74, 6) is -0.344. The SMILES string of the molecule is CN(C)c1ccc(C=NNC(=O)c2sc3cc(Cl)ccc3c2Cl)cc1. The van der Waals surface area contributed by atoms with Gasteiger partial charge in [-0.2, -0.15) is 5.10 Å². The van der Waals surface area contributed by atoms with Crippen molar-refractivity contribution in [3.05, 3.63) is 63.0 Å². The monoisotopic (exact) mass is 391 g/mol. The van der Waals surface area contributed by atoms with Crippen LogP contribution >= 0.6 is 34.5 Å². The number of hydrogen-bond donors (Lipinski definition) is 1. The molecule has 0 aliphatic carbocycles. The molecule has 1 N–H and O–H groups in total. The quantitative estimate of drug-likeness (QED) is 0.500. The van der Waals surface area contributed by atoms with E-state index in [2.05, 4.69) is 10.5 Å². The number of halogens is 2. The van der Waals surface area contributed by atoms with Crippen molar-refractivity contribution in [3.63, 3.8) is 0 Å². The fourth-order valence-electron chi connectivity index (χ4n) is 2.26. The zero-order valence-electron chi connectivity index (χ0n) is 13.6. The highest BCUT2D eigenvalue weighted by molar-refractivity contribution is 7.21.